The van der Waals surface area contributed by atoms with E-state index in [0.717, 1.165) is 4.90 Å². The molecule has 0 unspecified atom stereocenters. The molecule has 0 rings (SSSR count). The summed E-state index contributed by atoms with van der Waals surface area (Å²) in [6.45, 7) is 5.31. The first-order chi connectivity index (χ1) is 6.13. The van der Waals surface area contributed by atoms with Crippen molar-refractivity contribution in [1.82, 2.24) is 4.90 Å². The smallest absolute Gasteiger partial charge is 0.419 e. The van der Waals surface area contributed by atoms with Crippen molar-refractivity contribution in [3.63, 3.8) is 0 Å². The van der Waals surface area contributed by atoms with Crippen LogP contribution in [-0.2, 0) is 9.47 Å². The fraction of sp³-hybridized carbons (Fsp3) is 0.500. The van der Waals surface area contributed by atoms with Crippen LogP contribution in [0.4, 0.5) is 9.59 Å². The Kier molecular flexibility index (Phi) is 5.34. The largest absolute Gasteiger partial charge is 0.449 e. The Labute approximate surface area is 76.9 Å². The van der Waals surface area contributed by atoms with Crippen LogP contribution in [0.5, 0.6) is 0 Å². The van der Waals surface area contributed by atoms with E-state index in [1.807, 2.05) is 0 Å². The number of carbonyl (C=O) groups excluding carboxylic acids is 2. The highest BCUT2D eigenvalue weighted by molar-refractivity contribution is 5.87. The van der Waals surface area contributed by atoms with Crippen LogP contribution in [0.3, 0.4) is 0 Å². The Balaban J connectivity index is 3.93. The molecule has 0 fully saturated rings. The van der Waals surface area contributed by atoms with Crippen LogP contribution < -0.4 is 0 Å². The van der Waals surface area contributed by atoms with Crippen LogP contribution in [0.2, 0.25) is 0 Å². The number of ether oxygens (including phenoxy) is 2. The summed E-state index contributed by atoms with van der Waals surface area (Å²) in [6, 6.07) is 0. The number of rotatable bonds is 3. The first-order valence-corrected chi connectivity index (χ1v) is 3.81. The molecule has 0 bridgehead atoms. The molecule has 0 N–H and O–H groups in total. The second kappa shape index (κ2) is 6.05. The number of hydrogen-bond donors (Lipinski definition) is 0. The summed E-state index contributed by atoms with van der Waals surface area (Å²) < 4.78 is 9.15. The van der Waals surface area contributed by atoms with Gasteiger partial charge in [-0.3, -0.25) is 0 Å². The Morgan fingerprint density at radius 3 is 2.38 bits per heavy atom. The van der Waals surface area contributed by atoms with E-state index in [1.54, 1.807) is 6.92 Å². The molecule has 0 aliphatic heterocycles. The molecule has 5 heteroatoms. The maximum atomic E-state index is 11.0. The predicted molar refractivity (Wildman–Crippen MR) is 46.3 cm³/mol. The Morgan fingerprint density at radius 1 is 1.38 bits per heavy atom. The van der Waals surface area contributed by atoms with Crippen molar-refractivity contribution >= 4 is 12.2 Å². The lowest BCUT2D eigenvalue weighted by Gasteiger charge is -2.13. The number of carbonyl (C=O) groups is 2. The molecule has 0 heterocycles. The lowest BCUT2D eigenvalue weighted by Crippen LogP contribution is -2.34. The van der Waals surface area contributed by atoms with Crippen LogP contribution in [0.1, 0.15) is 6.92 Å². The van der Waals surface area contributed by atoms with Gasteiger partial charge in [-0.1, -0.05) is 12.7 Å². The van der Waals surface area contributed by atoms with Crippen molar-refractivity contribution in [3.05, 3.63) is 12.7 Å². The van der Waals surface area contributed by atoms with Gasteiger partial charge in [0.2, 0.25) is 0 Å². The van der Waals surface area contributed by atoms with E-state index in [2.05, 4.69) is 16.1 Å². The summed E-state index contributed by atoms with van der Waals surface area (Å²) in [5, 5.41) is 0. The molecule has 0 spiro atoms. The number of amides is 2. The molecule has 0 saturated heterocycles. The standard InChI is InChI=1S/C8H13NO4/c1-4-6-13-8(11)9(3)7(10)12-5-2/h4H,1,5-6H2,2-3H3. The zero-order valence-electron chi connectivity index (χ0n) is 7.78. The predicted octanol–water partition coefficient (Wildman–Crippen LogP) is 1.40. The molecule has 0 aromatic carbocycles. The van der Waals surface area contributed by atoms with Crippen LogP contribution in [0.25, 0.3) is 0 Å². The maximum Gasteiger partial charge on any atom is 0.419 e. The van der Waals surface area contributed by atoms with Crippen molar-refractivity contribution < 1.29 is 19.1 Å². The van der Waals surface area contributed by atoms with Gasteiger partial charge in [-0.05, 0) is 6.92 Å². The summed E-state index contributed by atoms with van der Waals surface area (Å²) in [7, 11) is 1.28. The highest BCUT2D eigenvalue weighted by Gasteiger charge is 2.18. The van der Waals surface area contributed by atoms with Crippen LogP contribution in [-0.4, -0.2) is 37.3 Å². The minimum atomic E-state index is -0.752. The third kappa shape index (κ3) is 4.15. The summed E-state index contributed by atoms with van der Waals surface area (Å²) in [6.07, 6.45) is -0.0633. The first-order valence-electron chi connectivity index (χ1n) is 3.81. The molecule has 0 aromatic rings. The van der Waals surface area contributed by atoms with Crippen LogP contribution >= 0.6 is 0 Å². The molecule has 0 aliphatic carbocycles. The van der Waals surface area contributed by atoms with E-state index in [-0.39, 0.29) is 13.2 Å². The highest BCUT2D eigenvalue weighted by atomic mass is 16.6. The number of hydrogen-bond acceptors (Lipinski definition) is 4. The lowest BCUT2D eigenvalue weighted by atomic mass is 10.7. The van der Waals surface area contributed by atoms with Crippen molar-refractivity contribution in [1.29, 1.82) is 0 Å². The number of nitrogens with zero attached hydrogens (tertiary/aromatic N) is 1. The van der Waals surface area contributed by atoms with Gasteiger partial charge < -0.3 is 9.47 Å². The van der Waals surface area contributed by atoms with Gasteiger partial charge in [0.25, 0.3) is 0 Å². The average molecular weight is 187 g/mol. The lowest BCUT2D eigenvalue weighted by molar-refractivity contribution is 0.0922. The summed E-state index contributed by atoms with van der Waals surface area (Å²) in [5.41, 5.74) is 0. The highest BCUT2D eigenvalue weighted by Crippen LogP contribution is 1.94. The minimum absolute atomic E-state index is 0.0720. The monoisotopic (exact) mass is 187 g/mol. The Bertz CT molecular complexity index is 202. The topological polar surface area (TPSA) is 55.8 Å². The van der Waals surface area contributed by atoms with Crippen LogP contribution in [0.15, 0.2) is 12.7 Å². The van der Waals surface area contributed by atoms with Gasteiger partial charge in [-0.15, -0.1) is 0 Å². The molecule has 0 atom stereocenters. The van der Waals surface area contributed by atoms with E-state index in [0.29, 0.717) is 0 Å². The molecule has 13 heavy (non-hydrogen) atoms. The zero-order chi connectivity index (χ0) is 10.3. The van der Waals surface area contributed by atoms with Gasteiger partial charge in [0.05, 0.1) is 6.61 Å². The first kappa shape index (κ1) is 11.5. The molecular formula is C8H13NO4. The molecule has 0 aliphatic rings. The minimum Gasteiger partial charge on any atom is -0.449 e. The quantitative estimate of drug-likeness (QED) is 0.626. The van der Waals surface area contributed by atoms with Crippen molar-refractivity contribution in [2.24, 2.45) is 0 Å². The van der Waals surface area contributed by atoms with Crippen LogP contribution in [0, 0.1) is 0 Å². The summed E-state index contributed by atoms with van der Waals surface area (Å²) >= 11 is 0. The molecular weight excluding hydrogens is 174 g/mol. The van der Waals surface area contributed by atoms with Gasteiger partial charge in [-0.2, -0.15) is 0 Å². The molecule has 5 nitrogen and oxygen atoms in total. The Morgan fingerprint density at radius 2 is 1.92 bits per heavy atom. The summed E-state index contributed by atoms with van der Waals surface area (Å²) in [4.78, 5) is 22.7. The van der Waals surface area contributed by atoms with Gasteiger partial charge in [0.1, 0.15) is 6.61 Å². The second-order valence-corrected chi connectivity index (χ2v) is 2.12. The molecule has 74 valence electrons. The van der Waals surface area contributed by atoms with Gasteiger partial charge >= 0.3 is 12.2 Å². The van der Waals surface area contributed by atoms with E-state index in [4.69, 9.17) is 0 Å². The fourth-order valence-electron chi connectivity index (χ4n) is 0.522. The average Bonchev–Trinajstić information content (AvgIpc) is 2.13. The van der Waals surface area contributed by atoms with E-state index in [9.17, 15) is 9.59 Å². The Hall–Kier alpha value is -1.52. The normalized spacial score (nSPS) is 8.77. The van der Waals surface area contributed by atoms with Crippen molar-refractivity contribution in [2.75, 3.05) is 20.3 Å². The second-order valence-electron chi connectivity index (χ2n) is 2.12. The third-order valence-electron chi connectivity index (χ3n) is 1.14. The zero-order valence-corrected chi connectivity index (χ0v) is 7.78. The molecule has 0 aromatic heterocycles. The van der Waals surface area contributed by atoms with E-state index in [1.165, 1.54) is 13.1 Å². The van der Waals surface area contributed by atoms with E-state index < -0.39 is 12.2 Å². The van der Waals surface area contributed by atoms with E-state index >= 15 is 0 Å². The van der Waals surface area contributed by atoms with Crippen molar-refractivity contribution in [3.8, 4) is 0 Å². The van der Waals surface area contributed by atoms with Gasteiger partial charge in [-0.25, -0.2) is 14.5 Å². The summed E-state index contributed by atoms with van der Waals surface area (Å²) in [5.74, 6) is 0. The van der Waals surface area contributed by atoms with Gasteiger partial charge in [0, 0.05) is 7.05 Å². The SMILES string of the molecule is C=CCOC(=O)N(C)C(=O)OCC. The maximum absolute atomic E-state index is 11.0. The van der Waals surface area contributed by atoms with Crippen molar-refractivity contribution in [2.45, 2.75) is 6.92 Å². The fourth-order valence-corrected chi connectivity index (χ4v) is 0.522. The third-order valence-corrected chi connectivity index (χ3v) is 1.14. The molecule has 0 radical (unpaired) electrons. The number of imide groups is 1. The van der Waals surface area contributed by atoms with Gasteiger partial charge in [0.15, 0.2) is 0 Å². The molecule has 0 saturated carbocycles. The molecule has 2 amide bonds.